The van der Waals surface area contributed by atoms with Crippen molar-refractivity contribution in [2.24, 2.45) is 5.73 Å². The third kappa shape index (κ3) is 2.37. The Morgan fingerprint density at radius 2 is 1.83 bits per heavy atom. The van der Waals surface area contributed by atoms with Crippen molar-refractivity contribution in [1.29, 1.82) is 0 Å². The first kappa shape index (κ1) is 13.0. The number of hydrogen-bond donors (Lipinski definition) is 1. The highest BCUT2D eigenvalue weighted by molar-refractivity contribution is 7.14. The minimum atomic E-state index is -1.000. The van der Waals surface area contributed by atoms with Crippen LogP contribution in [-0.4, -0.2) is 10.2 Å². The average molecular weight is 273 g/mol. The molecule has 0 amide bonds. The van der Waals surface area contributed by atoms with Gasteiger partial charge in [-0.25, -0.2) is 13.2 Å². The molecule has 0 saturated carbocycles. The summed E-state index contributed by atoms with van der Waals surface area (Å²) < 4.78 is 39.8. The van der Waals surface area contributed by atoms with E-state index < -0.39 is 17.5 Å². The monoisotopic (exact) mass is 273 g/mol. The smallest absolute Gasteiger partial charge is 0.153 e. The predicted molar refractivity (Wildman–Crippen MR) is 62.4 cm³/mol. The molecule has 2 N–H and O–H groups in total. The Balaban J connectivity index is 2.46. The van der Waals surface area contributed by atoms with E-state index in [0.717, 1.165) is 11.3 Å². The van der Waals surface area contributed by atoms with Crippen molar-refractivity contribution in [3.05, 3.63) is 34.6 Å². The number of aromatic nitrogens is 2. The van der Waals surface area contributed by atoms with Crippen LogP contribution < -0.4 is 5.73 Å². The zero-order valence-corrected chi connectivity index (χ0v) is 10.3. The molecular weight excluding hydrogens is 263 g/mol. The maximum atomic E-state index is 13.5. The van der Waals surface area contributed by atoms with Crippen molar-refractivity contribution in [3.8, 4) is 10.6 Å². The Morgan fingerprint density at radius 1 is 1.22 bits per heavy atom. The van der Waals surface area contributed by atoms with Gasteiger partial charge in [-0.1, -0.05) is 18.3 Å². The number of benzene rings is 1. The highest BCUT2D eigenvalue weighted by Gasteiger charge is 2.19. The molecule has 0 aliphatic carbocycles. The summed E-state index contributed by atoms with van der Waals surface area (Å²) in [7, 11) is 0. The van der Waals surface area contributed by atoms with E-state index in [1.165, 1.54) is 0 Å². The molecule has 1 heterocycles. The Labute approximate surface area is 105 Å². The standard InChI is InChI=1S/C11H10F3N3S/c1-2-8(15)10-16-17-11(18-10)9-6(13)3-5(12)4-7(9)14/h3-4,8H,2,15H2,1H3. The van der Waals surface area contributed by atoms with Gasteiger partial charge in [0, 0.05) is 12.1 Å². The third-order valence-electron chi connectivity index (χ3n) is 2.42. The van der Waals surface area contributed by atoms with Crippen LogP contribution in [0.5, 0.6) is 0 Å². The topological polar surface area (TPSA) is 51.8 Å². The molecule has 0 fully saturated rings. The zero-order chi connectivity index (χ0) is 13.3. The van der Waals surface area contributed by atoms with Crippen molar-refractivity contribution in [1.82, 2.24) is 10.2 Å². The van der Waals surface area contributed by atoms with Crippen LogP contribution in [-0.2, 0) is 0 Å². The van der Waals surface area contributed by atoms with E-state index in [9.17, 15) is 13.2 Å². The van der Waals surface area contributed by atoms with Crippen molar-refractivity contribution >= 4 is 11.3 Å². The molecule has 0 saturated heterocycles. The zero-order valence-electron chi connectivity index (χ0n) is 9.45. The van der Waals surface area contributed by atoms with Gasteiger partial charge in [0.25, 0.3) is 0 Å². The number of nitrogens with two attached hydrogens (primary N) is 1. The molecule has 0 spiro atoms. The highest BCUT2D eigenvalue weighted by Crippen LogP contribution is 2.31. The normalized spacial score (nSPS) is 12.7. The van der Waals surface area contributed by atoms with Crippen molar-refractivity contribution in [3.63, 3.8) is 0 Å². The van der Waals surface area contributed by atoms with Gasteiger partial charge in [-0.2, -0.15) is 0 Å². The first-order valence-electron chi connectivity index (χ1n) is 5.26. The molecule has 96 valence electrons. The highest BCUT2D eigenvalue weighted by atomic mass is 32.1. The summed E-state index contributed by atoms with van der Waals surface area (Å²) in [6.45, 7) is 1.87. The van der Waals surface area contributed by atoms with Crippen LogP contribution >= 0.6 is 11.3 Å². The van der Waals surface area contributed by atoms with E-state index in [1.807, 2.05) is 6.92 Å². The van der Waals surface area contributed by atoms with E-state index in [2.05, 4.69) is 10.2 Å². The maximum Gasteiger partial charge on any atom is 0.153 e. The predicted octanol–water partition coefficient (Wildman–Crippen LogP) is 3.03. The van der Waals surface area contributed by atoms with Crippen LogP contribution in [0.4, 0.5) is 13.2 Å². The molecule has 3 nitrogen and oxygen atoms in total. The number of halogens is 3. The quantitative estimate of drug-likeness (QED) is 0.935. The van der Waals surface area contributed by atoms with E-state index in [1.54, 1.807) is 0 Å². The second-order valence-electron chi connectivity index (χ2n) is 3.70. The molecular formula is C11H10F3N3S. The largest absolute Gasteiger partial charge is 0.322 e. The molecule has 1 aromatic carbocycles. The van der Waals surface area contributed by atoms with Gasteiger partial charge in [-0.05, 0) is 6.42 Å². The molecule has 0 aliphatic heterocycles. The van der Waals surface area contributed by atoms with E-state index in [0.29, 0.717) is 23.6 Å². The summed E-state index contributed by atoms with van der Waals surface area (Å²) in [5.41, 5.74) is 5.37. The molecule has 1 unspecified atom stereocenters. The van der Waals surface area contributed by atoms with Gasteiger partial charge in [0.05, 0.1) is 11.6 Å². The van der Waals surface area contributed by atoms with Gasteiger partial charge in [0.1, 0.15) is 22.5 Å². The molecule has 18 heavy (non-hydrogen) atoms. The summed E-state index contributed by atoms with van der Waals surface area (Å²) in [4.78, 5) is 0. The molecule has 1 aromatic heterocycles. The lowest BCUT2D eigenvalue weighted by Gasteiger charge is -2.02. The molecule has 0 radical (unpaired) electrons. The van der Waals surface area contributed by atoms with E-state index >= 15 is 0 Å². The summed E-state index contributed by atoms with van der Waals surface area (Å²) in [6, 6.07) is 0.904. The second kappa shape index (κ2) is 5.03. The van der Waals surface area contributed by atoms with Gasteiger partial charge < -0.3 is 5.73 Å². The molecule has 0 aliphatic rings. The van der Waals surface area contributed by atoms with Crippen molar-refractivity contribution in [2.75, 3.05) is 0 Å². The summed E-state index contributed by atoms with van der Waals surface area (Å²) in [6.07, 6.45) is 0.642. The molecule has 0 bridgehead atoms. The minimum Gasteiger partial charge on any atom is -0.322 e. The lowest BCUT2D eigenvalue weighted by atomic mass is 10.2. The first-order valence-corrected chi connectivity index (χ1v) is 6.08. The Hall–Kier alpha value is -1.47. The fourth-order valence-electron chi connectivity index (χ4n) is 1.41. The Bertz CT molecular complexity index is 547. The van der Waals surface area contributed by atoms with Gasteiger partial charge in [0.15, 0.2) is 5.01 Å². The van der Waals surface area contributed by atoms with Crippen molar-refractivity contribution < 1.29 is 13.2 Å². The van der Waals surface area contributed by atoms with Crippen LogP contribution in [0.3, 0.4) is 0 Å². The van der Waals surface area contributed by atoms with Crippen LogP contribution in [0.2, 0.25) is 0 Å². The van der Waals surface area contributed by atoms with Crippen molar-refractivity contribution in [2.45, 2.75) is 19.4 Å². The Morgan fingerprint density at radius 3 is 2.39 bits per heavy atom. The minimum absolute atomic E-state index is 0.0592. The number of nitrogens with zero attached hydrogens (tertiary/aromatic N) is 2. The average Bonchev–Trinajstić information content (AvgIpc) is 2.76. The van der Waals surface area contributed by atoms with E-state index in [4.69, 9.17) is 5.73 Å². The SMILES string of the molecule is CCC(N)c1nnc(-c2c(F)cc(F)cc2F)s1. The second-order valence-corrected chi connectivity index (χ2v) is 4.71. The van der Waals surface area contributed by atoms with Gasteiger partial charge in [0.2, 0.25) is 0 Å². The van der Waals surface area contributed by atoms with Gasteiger partial charge >= 0.3 is 0 Å². The van der Waals surface area contributed by atoms with Crippen LogP contribution in [0.15, 0.2) is 12.1 Å². The van der Waals surface area contributed by atoms with E-state index in [-0.39, 0.29) is 16.6 Å². The number of hydrogen-bond acceptors (Lipinski definition) is 4. The first-order chi connectivity index (χ1) is 8.52. The van der Waals surface area contributed by atoms with Gasteiger partial charge in [-0.15, -0.1) is 10.2 Å². The summed E-state index contributed by atoms with van der Waals surface area (Å²) >= 11 is 1.00. The third-order valence-corrected chi connectivity index (χ3v) is 3.49. The molecule has 7 heteroatoms. The fourth-order valence-corrected chi connectivity index (χ4v) is 2.38. The Kier molecular flexibility index (Phi) is 3.63. The van der Waals surface area contributed by atoms with Crippen LogP contribution in [0.25, 0.3) is 10.6 Å². The lowest BCUT2D eigenvalue weighted by Crippen LogP contribution is -2.07. The summed E-state index contributed by atoms with van der Waals surface area (Å²) in [5, 5.41) is 8.03. The molecule has 2 aromatic rings. The fraction of sp³-hybridized carbons (Fsp3) is 0.273. The van der Waals surface area contributed by atoms with Crippen LogP contribution in [0.1, 0.15) is 24.4 Å². The molecule has 2 rings (SSSR count). The lowest BCUT2D eigenvalue weighted by molar-refractivity contribution is 0.547. The summed E-state index contributed by atoms with van der Waals surface area (Å²) in [5.74, 6) is -2.97. The maximum absolute atomic E-state index is 13.5. The van der Waals surface area contributed by atoms with Crippen LogP contribution in [0, 0.1) is 17.5 Å². The molecule has 1 atom stereocenters. The van der Waals surface area contributed by atoms with Gasteiger partial charge in [-0.3, -0.25) is 0 Å². The number of rotatable bonds is 3.